The van der Waals surface area contributed by atoms with Gasteiger partial charge in [-0.05, 0) is 38.1 Å². The minimum Gasteiger partial charge on any atom is -0.492 e. The van der Waals surface area contributed by atoms with E-state index in [1.807, 2.05) is 0 Å². The number of anilines is 1. The van der Waals surface area contributed by atoms with Crippen LogP contribution >= 0.6 is 0 Å². The van der Waals surface area contributed by atoms with Crippen molar-refractivity contribution in [1.82, 2.24) is 4.31 Å². The molecule has 1 N–H and O–H groups in total. The van der Waals surface area contributed by atoms with Crippen molar-refractivity contribution in [3.8, 4) is 5.75 Å². The predicted molar refractivity (Wildman–Crippen MR) is 89.9 cm³/mol. The molecule has 1 aromatic carbocycles. The molecule has 7 nitrogen and oxygen atoms in total. The summed E-state index contributed by atoms with van der Waals surface area (Å²) >= 11 is 0. The molecule has 2 aromatic rings. The first-order chi connectivity index (χ1) is 11.3. The molecule has 1 heterocycles. The third-order valence-corrected chi connectivity index (χ3v) is 5.20. The molecule has 8 heteroatoms. The van der Waals surface area contributed by atoms with Gasteiger partial charge in [0.05, 0.1) is 18.4 Å². The van der Waals surface area contributed by atoms with Crippen LogP contribution in [0.3, 0.4) is 0 Å². The Morgan fingerprint density at radius 3 is 2.54 bits per heavy atom. The van der Waals surface area contributed by atoms with Crippen LogP contribution in [0.4, 0.5) is 5.69 Å². The smallest absolute Gasteiger partial charge is 0.259 e. The maximum atomic E-state index is 12.5. The average molecular weight is 352 g/mol. The predicted octanol–water partition coefficient (Wildman–Crippen LogP) is 2.49. The van der Waals surface area contributed by atoms with E-state index in [4.69, 9.17) is 9.15 Å². The molecule has 0 saturated heterocycles. The second kappa shape index (κ2) is 7.06. The standard InChI is InChI=1S/C16H20N2O5S/c1-5-22-14-7-6-12(10-15(14)24(20,21)18(3)4)17-16(19)13-8-9-23-11(13)2/h6-10H,5H2,1-4H3,(H,17,19). The first-order valence-electron chi connectivity index (χ1n) is 7.32. The zero-order valence-electron chi connectivity index (χ0n) is 14.0. The normalized spacial score (nSPS) is 11.5. The van der Waals surface area contributed by atoms with Crippen LogP contribution in [0.1, 0.15) is 23.0 Å². The van der Waals surface area contributed by atoms with Gasteiger partial charge in [0.15, 0.2) is 0 Å². The maximum absolute atomic E-state index is 12.5. The van der Waals surface area contributed by atoms with Gasteiger partial charge in [0.2, 0.25) is 10.0 Å². The van der Waals surface area contributed by atoms with Gasteiger partial charge in [0, 0.05) is 19.8 Å². The number of hydrogen-bond acceptors (Lipinski definition) is 5. The second-order valence-electron chi connectivity index (χ2n) is 5.23. The van der Waals surface area contributed by atoms with Crippen molar-refractivity contribution in [2.45, 2.75) is 18.7 Å². The number of ether oxygens (including phenoxy) is 1. The lowest BCUT2D eigenvalue weighted by molar-refractivity contribution is 0.102. The summed E-state index contributed by atoms with van der Waals surface area (Å²) in [6.45, 7) is 3.77. The number of sulfonamides is 1. The minimum absolute atomic E-state index is 0.00364. The SMILES string of the molecule is CCOc1ccc(NC(=O)c2ccoc2C)cc1S(=O)(=O)N(C)C. The maximum Gasteiger partial charge on any atom is 0.259 e. The summed E-state index contributed by atoms with van der Waals surface area (Å²) < 4.78 is 36.5. The Balaban J connectivity index is 2.39. The highest BCUT2D eigenvalue weighted by molar-refractivity contribution is 7.89. The molecule has 1 amide bonds. The Kier molecular flexibility index (Phi) is 5.30. The van der Waals surface area contributed by atoms with Gasteiger partial charge in [-0.15, -0.1) is 0 Å². The van der Waals surface area contributed by atoms with Crippen LogP contribution < -0.4 is 10.1 Å². The molecule has 130 valence electrons. The number of nitrogens with zero attached hydrogens (tertiary/aromatic N) is 1. The number of furan rings is 1. The van der Waals surface area contributed by atoms with Crippen molar-refractivity contribution in [3.05, 3.63) is 41.9 Å². The molecule has 1 aromatic heterocycles. The molecule has 0 radical (unpaired) electrons. The molecule has 0 spiro atoms. The zero-order valence-corrected chi connectivity index (χ0v) is 14.8. The molecule has 0 aliphatic carbocycles. The fourth-order valence-corrected chi connectivity index (χ4v) is 3.13. The lowest BCUT2D eigenvalue weighted by atomic mass is 10.2. The van der Waals surface area contributed by atoms with E-state index >= 15 is 0 Å². The summed E-state index contributed by atoms with van der Waals surface area (Å²) in [4.78, 5) is 12.2. The summed E-state index contributed by atoms with van der Waals surface area (Å²) in [6.07, 6.45) is 1.42. The summed E-state index contributed by atoms with van der Waals surface area (Å²) in [5.41, 5.74) is 0.741. The monoisotopic (exact) mass is 352 g/mol. The first-order valence-corrected chi connectivity index (χ1v) is 8.76. The lowest BCUT2D eigenvalue weighted by Crippen LogP contribution is -2.23. The van der Waals surface area contributed by atoms with Crippen LogP contribution in [-0.4, -0.2) is 39.3 Å². The highest BCUT2D eigenvalue weighted by Crippen LogP contribution is 2.29. The molecule has 0 aliphatic rings. The van der Waals surface area contributed by atoms with Crippen LogP contribution in [-0.2, 0) is 10.0 Å². The van der Waals surface area contributed by atoms with Gasteiger partial charge in [-0.25, -0.2) is 12.7 Å². The Labute approximate surface area is 141 Å². The lowest BCUT2D eigenvalue weighted by Gasteiger charge is -2.16. The van der Waals surface area contributed by atoms with Gasteiger partial charge in [0.1, 0.15) is 16.4 Å². The van der Waals surface area contributed by atoms with E-state index in [-0.39, 0.29) is 16.6 Å². The van der Waals surface area contributed by atoms with Gasteiger partial charge in [-0.1, -0.05) is 0 Å². The molecule has 0 saturated carbocycles. The van der Waals surface area contributed by atoms with E-state index < -0.39 is 10.0 Å². The van der Waals surface area contributed by atoms with E-state index in [0.717, 1.165) is 4.31 Å². The number of amides is 1. The Hall–Kier alpha value is -2.32. The zero-order chi connectivity index (χ0) is 17.9. The van der Waals surface area contributed by atoms with E-state index in [2.05, 4.69) is 5.32 Å². The highest BCUT2D eigenvalue weighted by Gasteiger charge is 2.23. The molecule has 0 fully saturated rings. The molecule has 24 heavy (non-hydrogen) atoms. The van der Waals surface area contributed by atoms with Crippen molar-refractivity contribution < 1.29 is 22.4 Å². The van der Waals surface area contributed by atoms with Crippen LogP contribution in [0.5, 0.6) is 5.75 Å². The first kappa shape index (κ1) is 18.0. The number of carbonyl (C=O) groups excluding carboxylic acids is 1. The van der Waals surface area contributed by atoms with E-state index in [9.17, 15) is 13.2 Å². The Bertz CT molecular complexity index is 840. The van der Waals surface area contributed by atoms with Crippen LogP contribution in [0.2, 0.25) is 0 Å². The van der Waals surface area contributed by atoms with Gasteiger partial charge in [-0.2, -0.15) is 0 Å². The molecular formula is C16H20N2O5S. The van der Waals surface area contributed by atoms with E-state index in [0.29, 0.717) is 23.6 Å². The number of nitrogens with one attached hydrogen (secondary N) is 1. The highest BCUT2D eigenvalue weighted by atomic mass is 32.2. The van der Waals surface area contributed by atoms with Crippen molar-refractivity contribution in [2.75, 3.05) is 26.0 Å². The third-order valence-electron chi connectivity index (χ3n) is 3.36. The van der Waals surface area contributed by atoms with Crippen LogP contribution in [0.25, 0.3) is 0 Å². The third kappa shape index (κ3) is 3.60. The minimum atomic E-state index is -3.71. The average Bonchev–Trinajstić information content (AvgIpc) is 2.95. The van der Waals surface area contributed by atoms with Gasteiger partial charge in [0.25, 0.3) is 5.91 Å². The Morgan fingerprint density at radius 2 is 2.00 bits per heavy atom. The number of rotatable bonds is 6. The summed E-state index contributed by atoms with van der Waals surface area (Å²) in [6, 6.07) is 6.05. The molecular weight excluding hydrogens is 332 g/mol. The topological polar surface area (TPSA) is 88.8 Å². The van der Waals surface area contributed by atoms with Crippen molar-refractivity contribution in [1.29, 1.82) is 0 Å². The second-order valence-corrected chi connectivity index (χ2v) is 7.35. The van der Waals surface area contributed by atoms with Crippen LogP contribution in [0, 0.1) is 6.92 Å². The largest absolute Gasteiger partial charge is 0.492 e. The fraction of sp³-hybridized carbons (Fsp3) is 0.312. The Morgan fingerprint density at radius 1 is 1.29 bits per heavy atom. The number of benzene rings is 1. The number of carbonyl (C=O) groups is 1. The summed E-state index contributed by atoms with van der Waals surface area (Å²) in [7, 11) is -0.840. The molecule has 0 aliphatic heterocycles. The molecule has 0 bridgehead atoms. The summed E-state index contributed by atoms with van der Waals surface area (Å²) in [5.74, 6) is 0.349. The van der Waals surface area contributed by atoms with Crippen molar-refractivity contribution >= 4 is 21.6 Å². The number of hydrogen-bond donors (Lipinski definition) is 1. The van der Waals surface area contributed by atoms with Gasteiger partial charge < -0.3 is 14.5 Å². The molecule has 0 atom stereocenters. The summed E-state index contributed by atoms with van der Waals surface area (Å²) in [5, 5.41) is 2.67. The number of aryl methyl sites for hydroxylation is 1. The quantitative estimate of drug-likeness (QED) is 0.863. The van der Waals surface area contributed by atoms with E-state index in [1.165, 1.54) is 32.5 Å². The molecule has 0 unspecified atom stereocenters. The van der Waals surface area contributed by atoms with Crippen molar-refractivity contribution in [3.63, 3.8) is 0 Å². The van der Waals surface area contributed by atoms with Crippen molar-refractivity contribution in [2.24, 2.45) is 0 Å². The van der Waals surface area contributed by atoms with Gasteiger partial charge in [-0.3, -0.25) is 4.79 Å². The van der Waals surface area contributed by atoms with Crippen LogP contribution in [0.15, 0.2) is 39.8 Å². The van der Waals surface area contributed by atoms with E-state index in [1.54, 1.807) is 26.0 Å². The fourth-order valence-electron chi connectivity index (χ4n) is 2.08. The van der Waals surface area contributed by atoms with Gasteiger partial charge >= 0.3 is 0 Å². The molecule has 2 rings (SSSR count).